The number of hydrogen-bond donors (Lipinski definition) is 2. The number of nitrogens with one attached hydrogen (secondary N) is 2. The van der Waals surface area contributed by atoms with Gasteiger partial charge in [0, 0.05) is 18.2 Å². The van der Waals surface area contributed by atoms with E-state index in [0.717, 1.165) is 47.1 Å². The number of aryl methyl sites for hydroxylation is 3. The molecule has 1 saturated heterocycles. The fraction of sp³-hybridized carbons (Fsp3) is 0.444. The lowest BCUT2D eigenvalue weighted by Crippen LogP contribution is -2.45. The van der Waals surface area contributed by atoms with Gasteiger partial charge in [-0.25, -0.2) is 4.98 Å². The Morgan fingerprint density at radius 1 is 1.35 bits per heavy atom. The monoisotopic (exact) mass is 329 g/mol. The van der Waals surface area contributed by atoms with Crippen molar-refractivity contribution < 1.29 is 4.79 Å². The highest BCUT2D eigenvalue weighted by Gasteiger charge is 2.21. The molecule has 1 aromatic carbocycles. The highest BCUT2D eigenvalue weighted by Crippen LogP contribution is 2.30. The van der Waals surface area contributed by atoms with E-state index in [1.165, 1.54) is 22.5 Å². The van der Waals surface area contributed by atoms with Gasteiger partial charge < -0.3 is 10.6 Å². The van der Waals surface area contributed by atoms with E-state index in [1.54, 1.807) is 0 Å². The molecule has 1 amide bonds. The quantitative estimate of drug-likeness (QED) is 0.909. The molecule has 122 valence electrons. The van der Waals surface area contributed by atoms with E-state index in [9.17, 15) is 4.79 Å². The van der Waals surface area contributed by atoms with Crippen LogP contribution < -0.4 is 10.6 Å². The van der Waals surface area contributed by atoms with Gasteiger partial charge in [0.15, 0.2) is 0 Å². The van der Waals surface area contributed by atoms with Crippen molar-refractivity contribution in [1.82, 2.24) is 15.6 Å². The molecule has 0 saturated carbocycles. The average molecular weight is 329 g/mol. The summed E-state index contributed by atoms with van der Waals surface area (Å²) in [5.74, 6) is 0.00437. The number of carbonyl (C=O) groups excluding carboxylic acids is 1. The number of rotatable bonds is 3. The van der Waals surface area contributed by atoms with Gasteiger partial charge in [0.2, 0.25) is 0 Å². The number of aromatic nitrogens is 1. The van der Waals surface area contributed by atoms with E-state index in [4.69, 9.17) is 0 Å². The van der Waals surface area contributed by atoms with Crippen LogP contribution in [0.5, 0.6) is 0 Å². The van der Waals surface area contributed by atoms with E-state index >= 15 is 0 Å². The van der Waals surface area contributed by atoms with Crippen LogP contribution >= 0.6 is 11.3 Å². The Bertz CT molecular complexity index is 717. The van der Waals surface area contributed by atoms with E-state index in [1.807, 2.05) is 6.92 Å². The first-order valence-corrected chi connectivity index (χ1v) is 8.93. The van der Waals surface area contributed by atoms with Crippen molar-refractivity contribution in [2.45, 2.75) is 39.7 Å². The Balaban J connectivity index is 1.81. The molecule has 1 fully saturated rings. The molecule has 1 aromatic heterocycles. The third kappa shape index (κ3) is 3.62. The first-order chi connectivity index (χ1) is 11.0. The SMILES string of the molecule is Cc1ccc(-c2nc(C)c(C(=O)N[C@H]3CCCNC3)s2)c(C)c1. The van der Waals surface area contributed by atoms with Crippen LogP contribution in [0.4, 0.5) is 0 Å². The second kappa shape index (κ2) is 6.81. The first kappa shape index (κ1) is 16.1. The fourth-order valence-corrected chi connectivity index (χ4v) is 4.06. The zero-order chi connectivity index (χ0) is 16.4. The lowest BCUT2D eigenvalue weighted by Gasteiger charge is -2.23. The number of thiazole rings is 1. The van der Waals surface area contributed by atoms with Crippen LogP contribution in [-0.4, -0.2) is 30.0 Å². The topological polar surface area (TPSA) is 54.0 Å². The van der Waals surface area contributed by atoms with Gasteiger partial charge in [0.25, 0.3) is 5.91 Å². The summed E-state index contributed by atoms with van der Waals surface area (Å²) in [6.07, 6.45) is 2.15. The maximum Gasteiger partial charge on any atom is 0.263 e. The van der Waals surface area contributed by atoms with Crippen molar-refractivity contribution in [1.29, 1.82) is 0 Å². The summed E-state index contributed by atoms with van der Waals surface area (Å²) in [7, 11) is 0. The predicted octanol–water partition coefficient (Wildman–Crippen LogP) is 3.22. The molecule has 1 aliphatic rings. The highest BCUT2D eigenvalue weighted by molar-refractivity contribution is 7.17. The molecule has 0 spiro atoms. The van der Waals surface area contributed by atoms with Crippen LogP contribution in [0.25, 0.3) is 10.6 Å². The molecule has 4 nitrogen and oxygen atoms in total. The maximum absolute atomic E-state index is 12.5. The average Bonchev–Trinajstić information content (AvgIpc) is 2.90. The number of carbonyl (C=O) groups is 1. The summed E-state index contributed by atoms with van der Waals surface area (Å²) in [5, 5.41) is 7.38. The van der Waals surface area contributed by atoms with E-state index in [0.29, 0.717) is 0 Å². The van der Waals surface area contributed by atoms with Gasteiger partial charge in [0.05, 0.1) is 5.69 Å². The van der Waals surface area contributed by atoms with Crippen molar-refractivity contribution in [2.75, 3.05) is 13.1 Å². The molecular weight excluding hydrogens is 306 g/mol. The van der Waals surface area contributed by atoms with Gasteiger partial charge in [-0.15, -0.1) is 11.3 Å². The van der Waals surface area contributed by atoms with E-state index in [2.05, 4.69) is 47.7 Å². The molecule has 23 heavy (non-hydrogen) atoms. The zero-order valence-electron chi connectivity index (χ0n) is 13.9. The molecule has 0 unspecified atom stereocenters. The smallest absolute Gasteiger partial charge is 0.263 e. The van der Waals surface area contributed by atoms with Gasteiger partial charge in [-0.3, -0.25) is 4.79 Å². The summed E-state index contributed by atoms with van der Waals surface area (Å²) in [4.78, 5) is 17.9. The van der Waals surface area contributed by atoms with Crippen molar-refractivity contribution >= 4 is 17.2 Å². The van der Waals surface area contributed by atoms with Gasteiger partial charge in [-0.1, -0.05) is 23.8 Å². The Labute approximate surface area is 141 Å². The Morgan fingerprint density at radius 2 is 2.17 bits per heavy atom. The third-order valence-corrected chi connectivity index (χ3v) is 5.44. The second-order valence-corrected chi connectivity index (χ2v) is 7.27. The van der Waals surface area contributed by atoms with E-state index < -0.39 is 0 Å². The van der Waals surface area contributed by atoms with Gasteiger partial charge in [-0.2, -0.15) is 0 Å². The van der Waals surface area contributed by atoms with Crippen LogP contribution in [0.3, 0.4) is 0 Å². The highest BCUT2D eigenvalue weighted by atomic mass is 32.1. The summed E-state index contributed by atoms with van der Waals surface area (Å²) < 4.78 is 0. The van der Waals surface area contributed by atoms with Crippen LogP contribution in [0, 0.1) is 20.8 Å². The summed E-state index contributed by atoms with van der Waals surface area (Å²) in [5.41, 5.74) is 4.36. The lowest BCUT2D eigenvalue weighted by atomic mass is 10.1. The van der Waals surface area contributed by atoms with Crippen LogP contribution in [0.1, 0.15) is 39.3 Å². The molecule has 0 aliphatic carbocycles. The third-order valence-electron chi connectivity index (χ3n) is 4.25. The van der Waals surface area contributed by atoms with E-state index in [-0.39, 0.29) is 11.9 Å². The van der Waals surface area contributed by atoms with Crippen molar-refractivity contribution in [2.24, 2.45) is 0 Å². The van der Waals surface area contributed by atoms with Crippen molar-refractivity contribution in [3.8, 4) is 10.6 Å². The fourth-order valence-electron chi connectivity index (χ4n) is 3.00. The normalized spacial score (nSPS) is 18.0. The summed E-state index contributed by atoms with van der Waals surface area (Å²) in [6.45, 7) is 7.99. The number of hydrogen-bond acceptors (Lipinski definition) is 4. The molecule has 2 N–H and O–H groups in total. The zero-order valence-corrected chi connectivity index (χ0v) is 14.7. The molecule has 2 heterocycles. The second-order valence-electron chi connectivity index (χ2n) is 6.27. The molecule has 5 heteroatoms. The minimum atomic E-state index is 0.00437. The molecule has 1 atom stereocenters. The Kier molecular flexibility index (Phi) is 4.78. The molecule has 0 radical (unpaired) electrons. The van der Waals surface area contributed by atoms with Crippen LogP contribution in [-0.2, 0) is 0 Å². The minimum absolute atomic E-state index is 0.00437. The van der Waals surface area contributed by atoms with Gasteiger partial charge >= 0.3 is 0 Å². The standard InChI is InChI=1S/C18H23N3OS/c1-11-6-7-15(12(2)9-11)18-20-13(3)16(23-18)17(22)21-14-5-4-8-19-10-14/h6-7,9,14,19H,4-5,8,10H2,1-3H3,(H,21,22)/t14-/m0/s1. The first-order valence-electron chi connectivity index (χ1n) is 8.11. The largest absolute Gasteiger partial charge is 0.347 e. The minimum Gasteiger partial charge on any atom is -0.347 e. The van der Waals surface area contributed by atoms with Crippen LogP contribution in [0.15, 0.2) is 18.2 Å². The van der Waals surface area contributed by atoms with Crippen molar-refractivity contribution in [3.63, 3.8) is 0 Å². The summed E-state index contributed by atoms with van der Waals surface area (Å²) in [6, 6.07) is 6.56. The summed E-state index contributed by atoms with van der Waals surface area (Å²) >= 11 is 1.49. The number of nitrogens with zero attached hydrogens (tertiary/aromatic N) is 1. The lowest BCUT2D eigenvalue weighted by molar-refractivity contribution is 0.0934. The number of amides is 1. The number of benzene rings is 1. The Morgan fingerprint density at radius 3 is 2.87 bits per heavy atom. The molecule has 2 aromatic rings. The maximum atomic E-state index is 12.5. The van der Waals surface area contributed by atoms with Crippen molar-refractivity contribution in [3.05, 3.63) is 39.9 Å². The van der Waals surface area contributed by atoms with Gasteiger partial charge in [0.1, 0.15) is 9.88 Å². The molecule has 3 rings (SSSR count). The van der Waals surface area contributed by atoms with Gasteiger partial charge in [-0.05, 0) is 45.7 Å². The molecular formula is C18H23N3OS. The van der Waals surface area contributed by atoms with Crippen LogP contribution in [0.2, 0.25) is 0 Å². The molecule has 1 aliphatic heterocycles. The molecule has 0 bridgehead atoms. The predicted molar refractivity (Wildman–Crippen MR) is 95.1 cm³/mol. The Hall–Kier alpha value is -1.72. The number of piperidine rings is 1.